The van der Waals surface area contributed by atoms with Crippen LogP contribution >= 0.6 is 23.4 Å². The molecule has 0 aliphatic rings. The van der Waals surface area contributed by atoms with Crippen molar-refractivity contribution >= 4 is 46.4 Å². The van der Waals surface area contributed by atoms with Crippen LogP contribution in [0.2, 0.25) is 5.02 Å². The summed E-state index contributed by atoms with van der Waals surface area (Å²) < 4.78 is 0. The number of benzene rings is 4. The zero-order valence-electron chi connectivity index (χ0n) is 18.8. The summed E-state index contributed by atoms with van der Waals surface area (Å²) in [7, 11) is 2.06. The minimum atomic E-state index is 0.742. The van der Waals surface area contributed by atoms with Gasteiger partial charge >= 0.3 is 0 Å². The Kier molecular flexibility index (Phi) is 7.39. The van der Waals surface area contributed by atoms with E-state index in [9.17, 15) is 0 Å². The van der Waals surface area contributed by atoms with Gasteiger partial charge in [-0.05, 0) is 95.9 Å². The molecule has 0 spiro atoms. The number of allylic oxidation sites excluding steroid dienone is 1. The molecule has 0 aliphatic heterocycles. The maximum absolute atomic E-state index is 6.04. The predicted octanol–water partition coefficient (Wildman–Crippen LogP) is 9.35. The third-order valence-corrected chi connectivity index (χ3v) is 6.75. The third kappa shape index (κ3) is 5.60. The van der Waals surface area contributed by atoms with Crippen molar-refractivity contribution in [2.45, 2.75) is 16.7 Å². The van der Waals surface area contributed by atoms with Crippen molar-refractivity contribution < 1.29 is 0 Å². The Morgan fingerprint density at radius 2 is 1.42 bits per heavy atom. The minimum Gasteiger partial charge on any atom is -0.345 e. The Balaban J connectivity index is 1.62. The number of halogens is 1. The second-order valence-electron chi connectivity index (χ2n) is 7.69. The molecule has 0 atom stereocenters. The zero-order valence-corrected chi connectivity index (χ0v) is 20.4. The average Bonchev–Trinajstić information content (AvgIpc) is 2.85. The molecule has 0 fully saturated rings. The van der Waals surface area contributed by atoms with Crippen molar-refractivity contribution in [1.29, 1.82) is 0 Å². The van der Waals surface area contributed by atoms with Gasteiger partial charge in [0.25, 0.3) is 0 Å². The molecule has 0 saturated heterocycles. The standard InChI is InChI=1S/C30H26ClNS/c1-4-22-19-24(21-29(20-22)33-28-9-7-6-8-10-28)30(5-2)23-11-15-26(16-12-23)32(3)27-17-13-25(31)14-18-27/h4-21H,1H2,2-3H3. The van der Waals surface area contributed by atoms with Gasteiger partial charge in [0, 0.05) is 33.2 Å². The van der Waals surface area contributed by atoms with E-state index in [1.165, 1.54) is 26.5 Å². The van der Waals surface area contributed by atoms with Crippen LogP contribution in [0.15, 0.2) is 120 Å². The summed E-state index contributed by atoms with van der Waals surface area (Å²) >= 11 is 7.81. The second-order valence-corrected chi connectivity index (χ2v) is 9.28. The zero-order chi connectivity index (χ0) is 23.2. The molecular weight excluding hydrogens is 442 g/mol. The Labute approximate surface area is 206 Å². The van der Waals surface area contributed by atoms with E-state index in [2.05, 4.69) is 98.3 Å². The van der Waals surface area contributed by atoms with E-state index in [0.717, 1.165) is 22.0 Å². The summed E-state index contributed by atoms with van der Waals surface area (Å²) in [6.07, 6.45) is 4.09. The van der Waals surface area contributed by atoms with Crippen LogP contribution in [0.4, 0.5) is 11.4 Å². The van der Waals surface area contributed by atoms with Crippen LogP contribution in [0.1, 0.15) is 23.6 Å². The number of anilines is 2. The van der Waals surface area contributed by atoms with E-state index in [1.54, 1.807) is 11.8 Å². The van der Waals surface area contributed by atoms with Gasteiger partial charge in [0.1, 0.15) is 0 Å². The third-order valence-electron chi connectivity index (χ3n) is 5.52. The normalized spacial score (nSPS) is 11.3. The van der Waals surface area contributed by atoms with E-state index in [1.807, 2.05) is 36.4 Å². The fourth-order valence-corrected chi connectivity index (χ4v) is 4.83. The van der Waals surface area contributed by atoms with Crippen molar-refractivity contribution in [3.63, 3.8) is 0 Å². The second kappa shape index (κ2) is 10.6. The summed E-state index contributed by atoms with van der Waals surface area (Å²) in [5.74, 6) is 0. The summed E-state index contributed by atoms with van der Waals surface area (Å²) in [5, 5.41) is 0.742. The van der Waals surface area contributed by atoms with Crippen LogP contribution in [0.5, 0.6) is 0 Å². The molecule has 4 aromatic carbocycles. The summed E-state index contributed by atoms with van der Waals surface area (Å²) in [5.41, 5.74) is 6.91. The van der Waals surface area contributed by atoms with Gasteiger partial charge in [0.2, 0.25) is 0 Å². The molecule has 33 heavy (non-hydrogen) atoms. The van der Waals surface area contributed by atoms with Crippen LogP contribution in [0, 0.1) is 0 Å². The molecule has 0 radical (unpaired) electrons. The van der Waals surface area contributed by atoms with Crippen LogP contribution in [0.25, 0.3) is 11.6 Å². The number of hydrogen-bond acceptors (Lipinski definition) is 2. The molecule has 164 valence electrons. The van der Waals surface area contributed by atoms with Crippen LogP contribution < -0.4 is 4.90 Å². The number of rotatable bonds is 7. The fraction of sp³-hybridized carbons (Fsp3) is 0.0667. The van der Waals surface area contributed by atoms with Crippen molar-refractivity contribution in [2.24, 2.45) is 0 Å². The van der Waals surface area contributed by atoms with E-state index < -0.39 is 0 Å². The van der Waals surface area contributed by atoms with E-state index in [0.29, 0.717) is 0 Å². The molecule has 4 rings (SSSR count). The van der Waals surface area contributed by atoms with Crippen LogP contribution in [0.3, 0.4) is 0 Å². The SMILES string of the molecule is C=Cc1cc(Sc2ccccc2)cc(C(=CC)c2ccc(N(C)c3ccc(Cl)cc3)cc2)c1. The topological polar surface area (TPSA) is 3.24 Å². The lowest BCUT2D eigenvalue weighted by Gasteiger charge is -2.20. The molecule has 0 amide bonds. The molecule has 0 aliphatic carbocycles. The van der Waals surface area contributed by atoms with Gasteiger partial charge in [-0.1, -0.05) is 72.4 Å². The van der Waals surface area contributed by atoms with Crippen LogP contribution in [-0.4, -0.2) is 7.05 Å². The first-order chi connectivity index (χ1) is 16.1. The largest absolute Gasteiger partial charge is 0.345 e. The maximum Gasteiger partial charge on any atom is 0.0409 e. The van der Waals surface area contributed by atoms with Gasteiger partial charge < -0.3 is 4.90 Å². The lowest BCUT2D eigenvalue weighted by Crippen LogP contribution is -2.09. The van der Waals surface area contributed by atoms with Gasteiger partial charge in [-0.25, -0.2) is 0 Å². The highest BCUT2D eigenvalue weighted by atomic mass is 35.5. The quantitative estimate of drug-likeness (QED) is 0.266. The maximum atomic E-state index is 6.04. The van der Waals surface area contributed by atoms with Gasteiger partial charge in [0.15, 0.2) is 0 Å². The number of hydrogen-bond donors (Lipinski definition) is 0. The van der Waals surface area contributed by atoms with Crippen molar-refractivity contribution in [2.75, 3.05) is 11.9 Å². The van der Waals surface area contributed by atoms with Gasteiger partial charge in [-0.3, -0.25) is 0 Å². The monoisotopic (exact) mass is 467 g/mol. The lowest BCUT2D eigenvalue weighted by molar-refractivity contribution is 1.21. The summed E-state index contributed by atoms with van der Waals surface area (Å²) in [6, 6.07) is 33.7. The van der Waals surface area contributed by atoms with Gasteiger partial charge in [-0.2, -0.15) is 0 Å². The van der Waals surface area contributed by atoms with E-state index >= 15 is 0 Å². The molecule has 0 aromatic heterocycles. The lowest BCUT2D eigenvalue weighted by atomic mass is 9.96. The molecule has 0 heterocycles. The highest BCUT2D eigenvalue weighted by Crippen LogP contribution is 2.34. The van der Waals surface area contributed by atoms with Gasteiger partial charge in [0.05, 0.1) is 0 Å². The van der Waals surface area contributed by atoms with Gasteiger partial charge in [-0.15, -0.1) is 0 Å². The first kappa shape index (κ1) is 23.0. The Hall–Kier alpha value is -3.20. The summed E-state index contributed by atoms with van der Waals surface area (Å²) in [6.45, 7) is 6.09. The molecule has 0 bridgehead atoms. The molecule has 1 nitrogen and oxygen atoms in total. The van der Waals surface area contributed by atoms with Crippen LogP contribution in [-0.2, 0) is 0 Å². The Morgan fingerprint density at radius 1 is 0.788 bits per heavy atom. The molecule has 3 heteroatoms. The molecule has 4 aromatic rings. The summed E-state index contributed by atoms with van der Waals surface area (Å²) in [4.78, 5) is 4.58. The molecular formula is C30H26ClNS. The first-order valence-corrected chi connectivity index (χ1v) is 12.0. The van der Waals surface area contributed by atoms with Crippen molar-refractivity contribution in [3.8, 4) is 0 Å². The van der Waals surface area contributed by atoms with Crippen molar-refractivity contribution in [3.05, 3.63) is 131 Å². The Morgan fingerprint density at radius 3 is 2.03 bits per heavy atom. The van der Waals surface area contributed by atoms with E-state index in [4.69, 9.17) is 11.6 Å². The molecule has 0 unspecified atom stereocenters. The van der Waals surface area contributed by atoms with Crippen molar-refractivity contribution in [1.82, 2.24) is 0 Å². The molecule has 0 saturated carbocycles. The highest BCUT2D eigenvalue weighted by molar-refractivity contribution is 7.99. The average molecular weight is 468 g/mol. The first-order valence-electron chi connectivity index (χ1n) is 10.8. The number of nitrogens with zero attached hydrogens (tertiary/aromatic N) is 1. The predicted molar refractivity (Wildman–Crippen MR) is 146 cm³/mol. The smallest absolute Gasteiger partial charge is 0.0409 e. The minimum absolute atomic E-state index is 0.742. The van der Waals surface area contributed by atoms with E-state index in [-0.39, 0.29) is 0 Å². The highest BCUT2D eigenvalue weighted by Gasteiger charge is 2.10. The fourth-order valence-electron chi connectivity index (χ4n) is 3.76. The molecule has 0 N–H and O–H groups in total. The Bertz CT molecular complexity index is 1260.